The second-order valence-corrected chi connectivity index (χ2v) is 7.18. The molecule has 1 aromatic heterocycles. The predicted octanol–water partition coefficient (Wildman–Crippen LogP) is 3.22. The molecule has 114 valence electrons. The van der Waals surface area contributed by atoms with Gasteiger partial charge in [-0.2, -0.15) is 0 Å². The number of aliphatic carboxylic acids is 1. The Hall–Kier alpha value is -1.62. The first-order valence-corrected chi connectivity index (χ1v) is 8.03. The molecule has 4 nitrogen and oxygen atoms in total. The first kappa shape index (κ1) is 15.8. The largest absolute Gasteiger partial charge is 0.480 e. The van der Waals surface area contributed by atoms with Crippen LogP contribution in [0.15, 0.2) is 18.2 Å². The van der Waals surface area contributed by atoms with Gasteiger partial charge in [0.15, 0.2) is 0 Å². The lowest BCUT2D eigenvalue weighted by Crippen LogP contribution is -2.56. The van der Waals surface area contributed by atoms with Gasteiger partial charge in [0.25, 0.3) is 0 Å². The van der Waals surface area contributed by atoms with Crippen LogP contribution in [-0.2, 0) is 9.59 Å². The molecule has 0 bridgehead atoms. The lowest BCUT2D eigenvalue weighted by atomic mass is 9.76. The highest BCUT2D eigenvalue weighted by molar-refractivity contribution is 7.12. The van der Waals surface area contributed by atoms with E-state index in [0.29, 0.717) is 18.8 Å². The fourth-order valence-electron chi connectivity index (χ4n) is 2.89. The minimum Gasteiger partial charge on any atom is -0.480 e. The number of carbonyl (C=O) groups is 2. The molecule has 5 heteroatoms. The number of carboxylic acid groups (broad SMARTS) is 1. The molecular formula is C16H21NO3S. The zero-order valence-electron chi connectivity index (χ0n) is 12.4. The van der Waals surface area contributed by atoms with Crippen molar-refractivity contribution in [3.05, 3.63) is 28.0 Å². The fourth-order valence-corrected chi connectivity index (χ4v) is 3.67. The summed E-state index contributed by atoms with van der Waals surface area (Å²) in [6.07, 6.45) is 6.02. The minimum atomic E-state index is -1.11. The first-order chi connectivity index (χ1) is 9.91. The maximum absolute atomic E-state index is 12.1. The van der Waals surface area contributed by atoms with E-state index in [0.717, 1.165) is 17.7 Å². The van der Waals surface area contributed by atoms with E-state index in [2.05, 4.69) is 5.32 Å². The maximum Gasteiger partial charge on any atom is 0.329 e. The summed E-state index contributed by atoms with van der Waals surface area (Å²) < 4.78 is 0. The van der Waals surface area contributed by atoms with Gasteiger partial charge in [0.1, 0.15) is 5.54 Å². The zero-order chi connectivity index (χ0) is 15.5. The third kappa shape index (κ3) is 3.94. The van der Waals surface area contributed by atoms with Crippen LogP contribution in [0.2, 0.25) is 0 Å². The van der Waals surface area contributed by atoms with Crippen LogP contribution in [0.1, 0.15) is 42.4 Å². The number of carboxylic acids is 1. The van der Waals surface area contributed by atoms with E-state index in [1.54, 1.807) is 17.4 Å². The van der Waals surface area contributed by atoms with Crippen molar-refractivity contribution in [2.24, 2.45) is 5.92 Å². The van der Waals surface area contributed by atoms with Gasteiger partial charge in [0.2, 0.25) is 5.91 Å². The fraction of sp³-hybridized carbons (Fsp3) is 0.500. The van der Waals surface area contributed by atoms with Crippen molar-refractivity contribution < 1.29 is 14.7 Å². The van der Waals surface area contributed by atoms with E-state index in [1.807, 2.05) is 26.0 Å². The van der Waals surface area contributed by atoms with Crippen molar-refractivity contribution >= 4 is 29.3 Å². The Labute approximate surface area is 128 Å². The molecule has 2 N–H and O–H groups in total. The molecule has 1 aliphatic rings. The number of hydrogen-bond acceptors (Lipinski definition) is 3. The van der Waals surface area contributed by atoms with Crippen LogP contribution in [0, 0.1) is 12.8 Å². The molecule has 1 fully saturated rings. The smallest absolute Gasteiger partial charge is 0.329 e. The minimum absolute atomic E-state index is 0.319. The van der Waals surface area contributed by atoms with Gasteiger partial charge in [-0.25, -0.2) is 4.79 Å². The Bertz CT molecular complexity index is 564. The van der Waals surface area contributed by atoms with Crippen LogP contribution in [0.5, 0.6) is 0 Å². The van der Waals surface area contributed by atoms with E-state index in [9.17, 15) is 14.7 Å². The molecule has 1 heterocycles. The van der Waals surface area contributed by atoms with Gasteiger partial charge in [-0.3, -0.25) is 4.79 Å². The van der Waals surface area contributed by atoms with E-state index in [4.69, 9.17) is 0 Å². The molecule has 0 spiro atoms. The number of carbonyl (C=O) groups excluding carboxylic acids is 1. The number of aryl methyl sites for hydroxylation is 1. The normalized spacial score (nSPS) is 25.9. The highest BCUT2D eigenvalue weighted by Gasteiger charge is 2.42. The standard InChI is InChI=1S/C16H21NO3S/c1-11-4-3-9-16(10-11,15(19)20)17-14(18)8-7-13-6-5-12(2)21-13/h5-8,11H,3-4,9-10H2,1-2H3,(H,17,18)(H,19,20)/b8-7+. The van der Waals surface area contributed by atoms with Crippen LogP contribution in [0.3, 0.4) is 0 Å². The summed E-state index contributed by atoms with van der Waals surface area (Å²) in [6, 6.07) is 3.93. The van der Waals surface area contributed by atoms with Gasteiger partial charge in [-0.05, 0) is 43.9 Å². The maximum atomic E-state index is 12.1. The Morgan fingerprint density at radius 1 is 1.48 bits per heavy atom. The molecule has 21 heavy (non-hydrogen) atoms. The topological polar surface area (TPSA) is 66.4 Å². The van der Waals surface area contributed by atoms with Crippen LogP contribution >= 0.6 is 11.3 Å². The van der Waals surface area contributed by atoms with Crippen molar-refractivity contribution in [1.82, 2.24) is 5.32 Å². The molecule has 0 saturated heterocycles. The van der Waals surface area contributed by atoms with Crippen molar-refractivity contribution in [3.63, 3.8) is 0 Å². The highest BCUT2D eigenvalue weighted by atomic mass is 32.1. The van der Waals surface area contributed by atoms with Gasteiger partial charge in [-0.1, -0.05) is 19.8 Å². The van der Waals surface area contributed by atoms with Crippen LogP contribution in [-0.4, -0.2) is 22.5 Å². The van der Waals surface area contributed by atoms with E-state index in [1.165, 1.54) is 11.0 Å². The number of hydrogen-bond donors (Lipinski definition) is 2. The van der Waals surface area contributed by atoms with Crippen LogP contribution in [0.4, 0.5) is 0 Å². The Kier molecular flexibility index (Phi) is 4.83. The summed E-state index contributed by atoms with van der Waals surface area (Å²) in [5.41, 5.74) is -1.11. The highest BCUT2D eigenvalue weighted by Crippen LogP contribution is 2.32. The molecule has 1 aliphatic carbocycles. The van der Waals surface area contributed by atoms with Crippen molar-refractivity contribution in [1.29, 1.82) is 0 Å². The van der Waals surface area contributed by atoms with Gasteiger partial charge >= 0.3 is 5.97 Å². The Morgan fingerprint density at radius 3 is 2.81 bits per heavy atom. The van der Waals surface area contributed by atoms with Crippen LogP contribution < -0.4 is 5.32 Å². The zero-order valence-corrected chi connectivity index (χ0v) is 13.2. The lowest BCUT2D eigenvalue weighted by Gasteiger charge is -2.36. The third-order valence-electron chi connectivity index (χ3n) is 3.93. The van der Waals surface area contributed by atoms with Crippen molar-refractivity contribution in [2.45, 2.75) is 45.1 Å². The predicted molar refractivity (Wildman–Crippen MR) is 84.2 cm³/mol. The van der Waals surface area contributed by atoms with Gasteiger partial charge in [0, 0.05) is 15.8 Å². The second-order valence-electron chi connectivity index (χ2n) is 5.86. The molecule has 1 amide bonds. The third-order valence-corrected chi connectivity index (χ3v) is 4.90. The summed E-state index contributed by atoms with van der Waals surface area (Å²) in [7, 11) is 0. The quantitative estimate of drug-likeness (QED) is 0.839. The Morgan fingerprint density at radius 2 is 2.24 bits per heavy atom. The summed E-state index contributed by atoms with van der Waals surface area (Å²) >= 11 is 1.60. The first-order valence-electron chi connectivity index (χ1n) is 7.21. The van der Waals surface area contributed by atoms with E-state index >= 15 is 0 Å². The number of amides is 1. The van der Waals surface area contributed by atoms with Crippen molar-refractivity contribution in [2.75, 3.05) is 0 Å². The SMILES string of the molecule is Cc1ccc(/C=C/C(=O)NC2(C(=O)O)CCCC(C)C2)s1. The van der Waals surface area contributed by atoms with Crippen molar-refractivity contribution in [3.8, 4) is 0 Å². The van der Waals surface area contributed by atoms with Crippen LogP contribution in [0.25, 0.3) is 6.08 Å². The van der Waals surface area contributed by atoms with Gasteiger partial charge < -0.3 is 10.4 Å². The van der Waals surface area contributed by atoms with E-state index in [-0.39, 0.29) is 5.91 Å². The molecule has 2 rings (SSSR count). The Balaban J connectivity index is 2.05. The summed E-state index contributed by atoms with van der Waals surface area (Å²) in [5, 5.41) is 12.2. The second kappa shape index (κ2) is 6.43. The van der Waals surface area contributed by atoms with E-state index < -0.39 is 11.5 Å². The molecule has 2 unspecified atom stereocenters. The summed E-state index contributed by atoms with van der Waals surface area (Å²) in [6.45, 7) is 4.04. The number of thiophene rings is 1. The molecular weight excluding hydrogens is 286 g/mol. The summed E-state index contributed by atoms with van der Waals surface area (Å²) in [5.74, 6) is -0.945. The lowest BCUT2D eigenvalue weighted by molar-refractivity contribution is -0.149. The number of nitrogens with one attached hydrogen (secondary N) is 1. The van der Waals surface area contributed by atoms with Gasteiger partial charge in [0.05, 0.1) is 0 Å². The molecule has 1 saturated carbocycles. The molecule has 1 aromatic rings. The number of rotatable bonds is 4. The molecule has 0 aromatic carbocycles. The molecule has 0 radical (unpaired) electrons. The van der Waals surface area contributed by atoms with Gasteiger partial charge in [-0.15, -0.1) is 11.3 Å². The average Bonchev–Trinajstić information content (AvgIpc) is 2.82. The monoisotopic (exact) mass is 307 g/mol. The average molecular weight is 307 g/mol. The molecule has 2 atom stereocenters. The summed E-state index contributed by atoms with van der Waals surface area (Å²) in [4.78, 5) is 25.8. The molecule has 0 aliphatic heterocycles.